The summed E-state index contributed by atoms with van der Waals surface area (Å²) >= 11 is 0. The highest BCUT2D eigenvalue weighted by Crippen LogP contribution is 2.34. The summed E-state index contributed by atoms with van der Waals surface area (Å²) < 4.78 is 33.0. The molecule has 0 spiro atoms. The van der Waals surface area contributed by atoms with E-state index in [9.17, 15) is 8.78 Å². The van der Waals surface area contributed by atoms with Crippen LogP contribution < -0.4 is 15.8 Å². The normalized spacial score (nSPS) is 17.3. The first kappa shape index (κ1) is 15.4. The van der Waals surface area contributed by atoms with Gasteiger partial charge in [-0.1, -0.05) is 0 Å². The first-order valence-electron chi connectivity index (χ1n) is 7.22. The molecular weight excluding hydrogens is 304 g/mol. The van der Waals surface area contributed by atoms with Gasteiger partial charge in [0.05, 0.1) is 12.6 Å². The molecular formula is C15H17F2N5O. The molecule has 1 aromatic carbocycles. The number of benzene rings is 1. The quantitative estimate of drug-likeness (QED) is 0.904. The Morgan fingerprint density at radius 3 is 2.83 bits per heavy atom. The van der Waals surface area contributed by atoms with E-state index in [0.29, 0.717) is 24.3 Å². The van der Waals surface area contributed by atoms with Crippen molar-refractivity contribution in [2.24, 2.45) is 0 Å². The average Bonchev–Trinajstić information content (AvgIpc) is 2.46. The molecule has 2 heterocycles. The van der Waals surface area contributed by atoms with Crippen LogP contribution in [-0.2, 0) is 5.67 Å². The van der Waals surface area contributed by atoms with Crippen LogP contribution in [0.25, 0.3) is 0 Å². The number of alkyl halides is 1. The second-order valence-electron chi connectivity index (χ2n) is 5.83. The van der Waals surface area contributed by atoms with Crippen LogP contribution in [0.2, 0.25) is 0 Å². The Morgan fingerprint density at radius 2 is 2.09 bits per heavy atom. The third kappa shape index (κ3) is 3.30. The Balaban J connectivity index is 1.92. The van der Waals surface area contributed by atoms with Gasteiger partial charge in [-0.25, -0.2) is 8.78 Å². The largest absolute Gasteiger partial charge is 0.493 e. The summed E-state index contributed by atoms with van der Waals surface area (Å²) in [6.45, 7) is 3.15. The minimum Gasteiger partial charge on any atom is -0.493 e. The molecule has 1 aromatic heterocycles. The summed E-state index contributed by atoms with van der Waals surface area (Å²) in [5, 5.41) is 3.06. The standard InChI is InChI=1S/C15H17F2N5O/c1-15(2,17)12-20-13(18)22-14(21-12)19-10-5-6-23-11-4-3-8(16)7-9(10)11/h3-4,7,10H,5-6H2,1-2H3,(H3,18,19,20,21,22). The molecule has 0 bridgehead atoms. The molecule has 3 N–H and O–H groups in total. The number of halogens is 2. The average molecular weight is 321 g/mol. The lowest BCUT2D eigenvalue weighted by Crippen LogP contribution is -2.23. The van der Waals surface area contributed by atoms with Crippen molar-refractivity contribution in [2.75, 3.05) is 17.7 Å². The molecule has 0 fully saturated rings. The molecule has 0 saturated heterocycles. The summed E-state index contributed by atoms with van der Waals surface area (Å²) in [6.07, 6.45) is 0.594. The minimum atomic E-state index is -1.74. The third-order valence-corrected chi connectivity index (χ3v) is 3.50. The summed E-state index contributed by atoms with van der Waals surface area (Å²) in [5.74, 6) is 0.263. The van der Waals surface area contributed by atoms with Gasteiger partial charge in [-0.3, -0.25) is 0 Å². The summed E-state index contributed by atoms with van der Waals surface area (Å²) in [4.78, 5) is 11.9. The summed E-state index contributed by atoms with van der Waals surface area (Å²) in [6, 6.07) is 4.06. The lowest BCUT2D eigenvalue weighted by Gasteiger charge is -2.27. The molecule has 6 nitrogen and oxygen atoms in total. The van der Waals surface area contributed by atoms with Crippen molar-refractivity contribution in [2.45, 2.75) is 32.0 Å². The number of ether oxygens (including phenoxy) is 1. The second-order valence-corrected chi connectivity index (χ2v) is 5.83. The first-order chi connectivity index (χ1) is 10.8. The van der Waals surface area contributed by atoms with E-state index in [-0.39, 0.29) is 29.6 Å². The monoisotopic (exact) mass is 321 g/mol. The van der Waals surface area contributed by atoms with Gasteiger partial charge < -0.3 is 15.8 Å². The molecule has 0 aliphatic carbocycles. The van der Waals surface area contributed by atoms with Crippen LogP contribution in [0.3, 0.4) is 0 Å². The molecule has 1 aliphatic heterocycles. The van der Waals surface area contributed by atoms with Crippen molar-refractivity contribution < 1.29 is 13.5 Å². The van der Waals surface area contributed by atoms with Crippen LogP contribution in [0.1, 0.15) is 37.7 Å². The number of nitrogens with zero attached hydrogens (tertiary/aromatic N) is 3. The lowest BCUT2D eigenvalue weighted by molar-refractivity contribution is 0.206. The van der Waals surface area contributed by atoms with E-state index >= 15 is 0 Å². The number of nitrogens with one attached hydrogen (secondary N) is 1. The Labute approximate surface area is 132 Å². The van der Waals surface area contributed by atoms with E-state index in [1.54, 1.807) is 6.07 Å². The molecule has 1 unspecified atom stereocenters. The van der Waals surface area contributed by atoms with Gasteiger partial charge in [0.15, 0.2) is 11.5 Å². The van der Waals surface area contributed by atoms with Crippen LogP contribution in [0.4, 0.5) is 20.7 Å². The van der Waals surface area contributed by atoms with Crippen molar-refractivity contribution in [1.82, 2.24) is 15.0 Å². The van der Waals surface area contributed by atoms with Crippen molar-refractivity contribution in [3.63, 3.8) is 0 Å². The van der Waals surface area contributed by atoms with Gasteiger partial charge in [-0.05, 0) is 32.0 Å². The molecule has 3 rings (SSSR count). The van der Waals surface area contributed by atoms with Gasteiger partial charge in [0.1, 0.15) is 11.6 Å². The number of anilines is 2. The fourth-order valence-electron chi connectivity index (χ4n) is 2.39. The minimum absolute atomic E-state index is 0.0565. The zero-order valence-corrected chi connectivity index (χ0v) is 12.8. The van der Waals surface area contributed by atoms with Gasteiger partial charge in [0.2, 0.25) is 11.9 Å². The molecule has 0 amide bonds. The first-order valence-corrected chi connectivity index (χ1v) is 7.22. The van der Waals surface area contributed by atoms with E-state index < -0.39 is 5.67 Å². The Bertz CT molecular complexity index is 732. The summed E-state index contributed by atoms with van der Waals surface area (Å²) in [7, 11) is 0. The Morgan fingerprint density at radius 1 is 1.30 bits per heavy atom. The van der Waals surface area contributed by atoms with Crippen LogP contribution in [0.15, 0.2) is 18.2 Å². The van der Waals surface area contributed by atoms with Gasteiger partial charge in [-0.2, -0.15) is 15.0 Å². The number of hydrogen-bond donors (Lipinski definition) is 2. The SMILES string of the molecule is CC(C)(F)c1nc(N)nc(NC2CCOc3ccc(F)cc32)n1. The Hall–Kier alpha value is -2.51. The number of aromatic nitrogens is 3. The van der Waals surface area contributed by atoms with E-state index in [1.807, 2.05) is 0 Å². The highest BCUT2D eigenvalue weighted by atomic mass is 19.1. The van der Waals surface area contributed by atoms with E-state index in [4.69, 9.17) is 10.5 Å². The fraction of sp³-hybridized carbons (Fsp3) is 0.400. The molecule has 0 radical (unpaired) electrons. The van der Waals surface area contributed by atoms with Gasteiger partial charge >= 0.3 is 0 Å². The van der Waals surface area contributed by atoms with E-state index in [0.717, 1.165) is 0 Å². The maximum absolute atomic E-state index is 14.0. The molecule has 2 aromatic rings. The summed E-state index contributed by atoms with van der Waals surface area (Å²) in [5.41, 5.74) is 4.55. The predicted octanol–water partition coefficient (Wildman–Crippen LogP) is 2.73. The van der Waals surface area contributed by atoms with Crippen molar-refractivity contribution in [1.29, 1.82) is 0 Å². The predicted molar refractivity (Wildman–Crippen MR) is 81.2 cm³/mol. The molecule has 1 aliphatic rings. The number of nitrogens with two attached hydrogens (primary N) is 1. The van der Waals surface area contributed by atoms with Gasteiger partial charge in [0, 0.05) is 12.0 Å². The number of fused-ring (bicyclic) bond motifs is 1. The molecule has 8 heteroatoms. The zero-order chi connectivity index (χ0) is 16.6. The van der Waals surface area contributed by atoms with Crippen molar-refractivity contribution in [3.05, 3.63) is 35.4 Å². The molecule has 1 atom stereocenters. The third-order valence-electron chi connectivity index (χ3n) is 3.50. The number of nitrogen functional groups attached to an aromatic ring is 1. The topological polar surface area (TPSA) is 86.0 Å². The molecule has 122 valence electrons. The van der Waals surface area contributed by atoms with Crippen LogP contribution in [-0.4, -0.2) is 21.6 Å². The smallest absolute Gasteiger partial charge is 0.228 e. The lowest BCUT2D eigenvalue weighted by atomic mass is 10.0. The maximum atomic E-state index is 14.0. The highest BCUT2D eigenvalue weighted by molar-refractivity contribution is 5.43. The molecule has 0 saturated carbocycles. The fourth-order valence-corrected chi connectivity index (χ4v) is 2.39. The van der Waals surface area contributed by atoms with Crippen molar-refractivity contribution in [3.8, 4) is 5.75 Å². The van der Waals surface area contributed by atoms with Crippen LogP contribution in [0, 0.1) is 5.82 Å². The van der Waals surface area contributed by atoms with E-state index in [1.165, 1.54) is 26.0 Å². The van der Waals surface area contributed by atoms with Gasteiger partial charge in [0.25, 0.3) is 0 Å². The van der Waals surface area contributed by atoms with E-state index in [2.05, 4.69) is 20.3 Å². The van der Waals surface area contributed by atoms with Gasteiger partial charge in [-0.15, -0.1) is 0 Å². The highest BCUT2D eigenvalue weighted by Gasteiger charge is 2.26. The van der Waals surface area contributed by atoms with Crippen molar-refractivity contribution >= 4 is 11.9 Å². The number of rotatable bonds is 3. The Kier molecular flexibility index (Phi) is 3.75. The van der Waals surface area contributed by atoms with Crippen LogP contribution >= 0.6 is 0 Å². The molecule has 23 heavy (non-hydrogen) atoms. The zero-order valence-electron chi connectivity index (χ0n) is 12.8. The van der Waals surface area contributed by atoms with Crippen LogP contribution in [0.5, 0.6) is 5.75 Å². The second kappa shape index (κ2) is 5.60. The maximum Gasteiger partial charge on any atom is 0.228 e. The number of hydrogen-bond acceptors (Lipinski definition) is 6.